The Balaban J connectivity index is 1.64. The van der Waals surface area contributed by atoms with Crippen molar-refractivity contribution in [2.24, 2.45) is 0 Å². The van der Waals surface area contributed by atoms with E-state index in [1.165, 1.54) is 23.5 Å². The molecule has 0 bridgehead atoms. The molecule has 0 saturated heterocycles. The summed E-state index contributed by atoms with van der Waals surface area (Å²) in [6, 6.07) is 6.29. The number of aryl methyl sites for hydroxylation is 1. The monoisotopic (exact) mass is 348 g/mol. The molecule has 2 aromatic rings. The molecular formula is C18H21FN2O2S. The molecule has 2 N–H and O–H groups in total. The molecule has 0 unspecified atom stereocenters. The van der Waals surface area contributed by atoms with E-state index in [9.17, 15) is 14.3 Å². The highest BCUT2D eigenvalue weighted by atomic mass is 32.1. The summed E-state index contributed by atoms with van der Waals surface area (Å²) in [6.45, 7) is 2.10. The van der Waals surface area contributed by atoms with Crippen LogP contribution >= 0.6 is 11.3 Å². The number of rotatable bonds is 5. The number of nitrogens with zero attached hydrogens (tertiary/aromatic N) is 1. The van der Waals surface area contributed by atoms with Crippen LogP contribution in [0.3, 0.4) is 0 Å². The van der Waals surface area contributed by atoms with Gasteiger partial charge in [-0.3, -0.25) is 4.79 Å². The predicted molar refractivity (Wildman–Crippen MR) is 91.8 cm³/mol. The summed E-state index contributed by atoms with van der Waals surface area (Å²) in [5.41, 5.74) is 0.885. The van der Waals surface area contributed by atoms with Crippen molar-refractivity contribution in [3.63, 3.8) is 0 Å². The highest BCUT2D eigenvalue weighted by Gasteiger charge is 2.31. The molecule has 1 amide bonds. The number of hydrogen-bond acceptors (Lipinski definition) is 4. The normalized spacial score (nSPS) is 16.3. The van der Waals surface area contributed by atoms with Crippen molar-refractivity contribution < 1.29 is 14.3 Å². The van der Waals surface area contributed by atoms with E-state index in [4.69, 9.17) is 0 Å². The molecule has 1 fully saturated rings. The third-order valence-electron chi connectivity index (χ3n) is 4.43. The summed E-state index contributed by atoms with van der Waals surface area (Å²) in [6.07, 6.45) is 4.07. The Morgan fingerprint density at radius 3 is 2.67 bits per heavy atom. The lowest BCUT2D eigenvalue weighted by Crippen LogP contribution is -2.40. The molecule has 4 nitrogen and oxygen atoms in total. The second-order valence-corrected chi connectivity index (χ2v) is 7.52. The van der Waals surface area contributed by atoms with E-state index in [2.05, 4.69) is 10.3 Å². The van der Waals surface area contributed by atoms with E-state index in [1.807, 2.05) is 6.92 Å². The largest absolute Gasteiger partial charge is 0.388 e. The van der Waals surface area contributed by atoms with E-state index >= 15 is 0 Å². The van der Waals surface area contributed by atoms with Gasteiger partial charge in [0.25, 0.3) is 5.91 Å². The third kappa shape index (κ3) is 3.99. The number of aliphatic hydroxyl groups is 1. The van der Waals surface area contributed by atoms with Crippen LogP contribution in [0, 0.1) is 12.7 Å². The number of carbonyl (C=O) groups is 1. The summed E-state index contributed by atoms with van der Waals surface area (Å²) in [5, 5.41) is 14.0. The topological polar surface area (TPSA) is 62.2 Å². The molecule has 1 aromatic heterocycles. The summed E-state index contributed by atoms with van der Waals surface area (Å²) < 4.78 is 13.0. The van der Waals surface area contributed by atoms with Crippen molar-refractivity contribution >= 4 is 17.2 Å². The molecule has 1 heterocycles. The number of nitrogens with one attached hydrogen (secondary N) is 1. The van der Waals surface area contributed by atoms with Crippen molar-refractivity contribution in [2.45, 2.75) is 44.6 Å². The fourth-order valence-corrected chi connectivity index (χ4v) is 4.07. The van der Waals surface area contributed by atoms with Gasteiger partial charge >= 0.3 is 0 Å². The average Bonchev–Trinajstić information content (AvgIpc) is 3.14. The Hall–Kier alpha value is -1.79. The lowest BCUT2D eigenvalue weighted by Gasteiger charge is -2.22. The number of benzene rings is 1. The molecule has 1 aliphatic rings. The zero-order valence-electron chi connectivity index (χ0n) is 13.6. The number of aromatic nitrogens is 1. The highest BCUT2D eigenvalue weighted by molar-refractivity contribution is 7.13. The molecule has 24 heavy (non-hydrogen) atoms. The minimum atomic E-state index is -0.759. The van der Waals surface area contributed by atoms with E-state index in [0.717, 1.165) is 36.3 Å². The van der Waals surface area contributed by atoms with Gasteiger partial charge in [-0.1, -0.05) is 25.0 Å². The molecule has 0 atom stereocenters. The van der Waals surface area contributed by atoms with Gasteiger partial charge in [0.1, 0.15) is 10.7 Å². The fourth-order valence-electron chi connectivity index (χ4n) is 3.05. The molecular weight excluding hydrogens is 327 g/mol. The number of hydrogen-bond donors (Lipinski definition) is 2. The second-order valence-electron chi connectivity index (χ2n) is 6.44. The number of amides is 1. The van der Waals surface area contributed by atoms with Gasteiger partial charge in [0.2, 0.25) is 0 Å². The van der Waals surface area contributed by atoms with Crippen molar-refractivity contribution in [2.75, 3.05) is 6.54 Å². The number of halogens is 1. The average molecular weight is 348 g/mol. The second kappa shape index (κ2) is 6.99. The first-order chi connectivity index (χ1) is 11.5. The van der Waals surface area contributed by atoms with Crippen molar-refractivity contribution in [1.82, 2.24) is 10.3 Å². The quantitative estimate of drug-likeness (QED) is 0.872. The van der Waals surface area contributed by atoms with Crippen LogP contribution in [0.4, 0.5) is 4.39 Å². The zero-order valence-corrected chi connectivity index (χ0v) is 14.5. The molecule has 1 aliphatic carbocycles. The lowest BCUT2D eigenvalue weighted by molar-refractivity contribution is 0.0450. The van der Waals surface area contributed by atoms with Crippen molar-refractivity contribution in [1.29, 1.82) is 0 Å². The number of carbonyl (C=O) groups excluding carboxylic acids is 1. The standard InChI is InChI=1S/C18H21FN2O2S/c1-12-16(17(22)20-11-18(23)8-2-3-9-18)24-15(21-12)10-13-4-6-14(19)7-5-13/h4-7,23H,2-3,8-11H2,1H3,(H,20,22). The van der Waals surface area contributed by atoms with E-state index in [-0.39, 0.29) is 18.3 Å². The first-order valence-corrected chi connectivity index (χ1v) is 8.98. The molecule has 3 rings (SSSR count). The summed E-state index contributed by atoms with van der Waals surface area (Å²) >= 11 is 1.35. The minimum Gasteiger partial charge on any atom is -0.388 e. The maximum Gasteiger partial charge on any atom is 0.263 e. The first-order valence-electron chi connectivity index (χ1n) is 8.16. The molecule has 0 spiro atoms. The minimum absolute atomic E-state index is 0.185. The smallest absolute Gasteiger partial charge is 0.263 e. The molecule has 0 aliphatic heterocycles. The highest BCUT2D eigenvalue weighted by Crippen LogP contribution is 2.29. The molecule has 0 radical (unpaired) electrons. The van der Waals surface area contributed by atoms with Crippen LogP contribution in [-0.4, -0.2) is 28.1 Å². The van der Waals surface area contributed by atoms with Gasteiger partial charge in [-0.2, -0.15) is 0 Å². The van der Waals surface area contributed by atoms with Crippen LogP contribution in [0.1, 0.15) is 51.6 Å². The van der Waals surface area contributed by atoms with Crippen LogP contribution < -0.4 is 5.32 Å². The Morgan fingerprint density at radius 2 is 2.00 bits per heavy atom. The summed E-state index contributed by atoms with van der Waals surface area (Å²) in [5.74, 6) is -0.449. The Labute approximate surface area is 144 Å². The SMILES string of the molecule is Cc1nc(Cc2ccc(F)cc2)sc1C(=O)NCC1(O)CCCC1. The van der Waals surface area contributed by atoms with Gasteiger partial charge in [-0.05, 0) is 37.5 Å². The van der Waals surface area contributed by atoms with Gasteiger partial charge in [-0.25, -0.2) is 9.37 Å². The Morgan fingerprint density at radius 1 is 1.33 bits per heavy atom. The Bertz CT molecular complexity index is 721. The van der Waals surface area contributed by atoms with Crippen LogP contribution in [0.25, 0.3) is 0 Å². The predicted octanol–water partition coefficient (Wildman–Crippen LogP) is 3.22. The molecule has 6 heteroatoms. The van der Waals surface area contributed by atoms with Crippen LogP contribution in [-0.2, 0) is 6.42 Å². The molecule has 1 saturated carbocycles. The molecule has 128 valence electrons. The van der Waals surface area contributed by atoms with Crippen molar-refractivity contribution in [3.05, 3.63) is 51.2 Å². The number of thiazole rings is 1. The van der Waals surface area contributed by atoms with E-state index in [0.29, 0.717) is 17.0 Å². The van der Waals surface area contributed by atoms with E-state index in [1.54, 1.807) is 12.1 Å². The Kier molecular flexibility index (Phi) is 4.96. The lowest BCUT2D eigenvalue weighted by atomic mass is 10.0. The van der Waals surface area contributed by atoms with E-state index < -0.39 is 5.60 Å². The van der Waals surface area contributed by atoms with Gasteiger partial charge in [0.15, 0.2) is 0 Å². The maximum absolute atomic E-state index is 13.0. The third-order valence-corrected chi connectivity index (χ3v) is 5.58. The molecule has 1 aromatic carbocycles. The van der Waals surface area contributed by atoms with Crippen LogP contribution in [0.2, 0.25) is 0 Å². The van der Waals surface area contributed by atoms with Crippen LogP contribution in [0.15, 0.2) is 24.3 Å². The van der Waals surface area contributed by atoms with Gasteiger partial charge in [0.05, 0.1) is 16.3 Å². The fraction of sp³-hybridized carbons (Fsp3) is 0.444. The van der Waals surface area contributed by atoms with Gasteiger partial charge < -0.3 is 10.4 Å². The zero-order chi connectivity index (χ0) is 17.2. The summed E-state index contributed by atoms with van der Waals surface area (Å²) in [7, 11) is 0. The van der Waals surface area contributed by atoms with Crippen LogP contribution in [0.5, 0.6) is 0 Å². The van der Waals surface area contributed by atoms with Crippen molar-refractivity contribution in [3.8, 4) is 0 Å². The maximum atomic E-state index is 13.0. The summed E-state index contributed by atoms with van der Waals surface area (Å²) in [4.78, 5) is 17.4. The van der Waals surface area contributed by atoms with Gasteiger partial charge in [0, 0.05) is 13.0 Å². The van der Waals surface area contributed by atoms with Gasteiger partial charge in [-0.15, -0.1) is 11.3 Å². The first kappa shape index (κ1) is 17.0.